The highest BCUT2D eigenvalue weighted by Gasteiger charge is 2.32. The van der Waals surface area contributed by atoms with Crippen molar-refractivity contribution >= 4 is 11.9 Å². The third-order valence-electron chi connectivity index (χ3n) is 2.64. The Morgan fingerprint density at radius 2 is 1.71 bits per heavy atom. The Kier molecular flexibility index (Phi) is 5.61. The standard InChI is InChI=1S/C12H24N2O3/c1-7(2)8(11(16)17-6)14-10(15)9(13)12(3,4)5/h7-9H,13H2,1-6H3,(H,14,15)/t8-,9+/m0/s1. The van der Waals surface area contributed by atoms with Gasteiger partial charge in [-0.15, -0.1) is 0 Å². The number of rotatable bonds is 4. The number of amides is 1. The maximum atomic E-state index is 11.9. The van der Waals surface area contributed by atoms with Crippen LogP contribution in [0.5, 0.6) is 0 Å². The van der Waals surface area contributed by atoms with E-state index in [1.165, 1.54) is 7.11 Å². The minimum Gasteiger partial charge on any atom is -0.467 e. The zero-order valence-corrected chi connectivity index (χ0v) is 11.5. The van der Waals surface area contributed by atoms with Crippen molar-refractivity contribution in [1.82, 2.24) is 5.32 Å². The van der Waals surface area contributed by atoms with Gasteiger partial charge in [-0.2, -0.15) is 0 Å². The Morgan fingerprint density at radius 1 is 1.24 bits per heavy atom. The summed E-state index contributed by atoms with van der Waals surface area (Å²) in [5.41, 5.74) is 5.47. The molecule has 0 fully saturated rings. The number of carbonyl (C=O) groups excluding carboxylic acids is 2. The minimum absolute atomic E-state index is 0.0430. The molecule has 0 saturated heterocycles. The van der Waals surface area contributed by atoms with Crippen LogP contribution >= 0.6 is 0 Å². The Hall–Kier alpha value is -1.10. The monoisotopic (exact) mass is 244 g/mol. The molecule has 5 nitrogen and oxygen atoms in total. The van der Waals surface area contributed by atoms with Gasteiger partial charge in [0, 0.05) is 0 Å². The zero-order valence-electron chi connectivity index (χ0n) is 11.5. The number of esters is 1. The third kappa shape index (κ3) is 4.73. The molecule has 0 spiro atoms. The van der Waals surface area contributed by atoms with E-state index in [0.29, 0.717) is 0 Å². The fourth-order valence-electron chi connectivity index (χ4n) is 1.26. The van der Waals surface area contributed by atoms with E-state index in [1.54, 1.807) is 0 Å². The van der Waals surface area contributed by atoms with Crippen LogP contribution in [0.3, 0.4) is 0 Å². The van der Waals surface area contributed by atoms with Crippen LogP contribution in [0.2, 0.25) is 0 Å². The van der Waals surface area contributed by atoms with Gasteiger partial charge in [0.1, 0.15) is 6.04 Å². The van der Waals surface area contributed by atoms with E-state index in [0.717, 1.165) is 0 Å². The third-order valence-corrected chi connectivity index (χ3v) is 2.64. The summed E-state index contributed by atoms with van der Waals surface area (Å²) in [6, 6.07) is -1.31. The predicted octanol–water partition coefficient (Wildman–Crippen LogP) is 0.674. The maximum Gasteiger partial charge on any atom is 0.328 e. The summed E-state index contributed by atoms with van der Waals surface area (Å²) in [6.07, 6.45) is 0. The van der Waals surface area contributed by atoms with Crippen LogP contribution in [-0.4, -0.2) is 31.1 Å². The van der Waals surface area contributed by atoms with Crippen LogP contribution in [0, 0.1) is 11.3 Å². The van der Waals surface area contributed by atoms with Crippen molar-refractivity contribution in [3.8, 4) is 0 Å². The average Bonchev–Trinajstić information content (AvgIpc) is 2.21. The lowest BCUT2D eigenvalue weighted by atomic mass is 9.86. The van der Waals surface area contributed by atoms with Crippen molar-refractivity contribution in [2.45, 2.75) is 46.7 Å². The summed E-state index contributed by atoms with van der Waals surface area (Å²) in [5.74, 6) is -0.824. The minimum atomic E-state index is -0.659. The number of hydrogen-bond acceptors (Lipinski definition) is 4. The first-order chi connectivity index (χ1) is 7.61. The first kappa shape index (κ1) is 15.9. The summed E-state index contributed by atoms with van der Waals surface area (Å²) in [7, 11) is 1.30. The second-order valence-electron chi connectivity index (χ2n) is 5.60. The van der Waals surface area contributed by atoms with E-state index >= 15 is 0 Å². The Bertz CT molecular complexity index is 282. The molecule has 0 aromatic carbocycles. The second kappa shape index (κ2) is 6.00. The summed E-state index contributed by atoms with van der Waals surface area (Å²) < 4.78 is 4.65. The number of methoxy groups -OCH3 is 1. The van der Waals surface area contributed by atoms with Gasteiger partial charge in [-0.1, -0.05) is 34.6 Å². The topological polar surface area (TPSA) is 81.4 Å². The van der Waals surface area contributed by atoms with Crippen LogP contribution in [0.25, 0.3) is 0 Å². The molecule has 0 aliphatic heterocycles. The van der Waals surface area contributed by atoms with Crippen molar-refractivity contribution < 1.29 is 14.3 Å². The number of nitrogens with one attached hydrogen (secondary N) is 1. The van der Waals surface area contributed by atoms with E-state index in [4.69, 9.17) is 5.73 Å². The van der Waals surface area contributed by atoms with Gasteiger partial charge in [-0.3, -0.25) is 4.79 Å². The van der Waals surface area contributed by atoms with Crippen molar-refractivity contribution in [2.24, 2.45) is 17.1 Å². The summed E-state index contributed by atoms with van der Waals surface area (Å²) >= 11 is 0. The fraction of sp³-hybridized carbons (Fsp3) is 0.833. The molecule has 0 aliphatic rings. The quantitative estimate of drug-likeness (QED) is 0.712. The molecule has 17 heavy (non-hydrogen) atoms. The van der Waals surface area contributed by atoms with Gasteiger partial charge in [0.25, 0.3) is 0 Å². The molecular weight excluding hydrogens is 220 g/mol. The zero-order chi connectivity index (χ0) is 13.8. The van der Waals surface area contributed by atoms with Crippen LogP contribution in [0.15, 0.2) is 0 Å². The molecule has 2 atom stereocenters. The van der Waals surface area contributed by atoms with Crippen molar-refractivity contribution in [1.29, 1.82) is 0 Å². The lowest BCUT2D eigenvalue weighted by Gasteiger charge is -2.28. The predicted molar refractivity (Wildman–Crippen MR) is 66.2 cm³/mol. The van der Waals surface area contributed by atoms with Crippen LogP contribution in [0.4, 0.5) is 0 Å². The van der Waals surface area contributed by atoms with Crippen molar-refractivity contribution in [3.05, 3.63) is 0 Å². The highest BCUT2D eigenvalue weighted by Crippen LogP contribution is 2.17. The molecule has 0 heterocycles. The molecule has 0 unspecified atom stereocenters. The molecule has 100 valence electrons. The Balaban J connectivity index is 4.68. The smallest absolute Gasteiger partial charge is 0.328 e. The Morgan fingerprint density at radius 3 is 2.00 bits per heavy atom. The molecule has 5 heteroatoms. The largest absolute Gasteiger partial charge is 0.467 e. The van der Waals surface area contributed by atoms with Crippen LogP contribution in [0.1, 0.15) is 34.6 Å². The second-order valence-corrected chi connectivity index (χ2v) is 5.60. The average molecular weight is 244 g/mol. The highest BCUT2D eigenvalue weighted by atomic mass is 16.5. The normalized spacial score (nSPS) is 15.3. The Labute approximate surface area is 103 Å². The molecule has 0 radical (unpaired) electrons. The van der Waals surface area contributed by atoms with E-state index < -0.39 is 18.1 Å². The van der Waals surface area contributed by atoms with E-state index in [-0.39, 0.29) is 17.2 Å². The molecule has 0 saturated carbocycles. The van der Waals surface area contributed by atoms with Gasteiger partial charge in [0.05, 0.1) is 13.2 Å². The first-order valence-corrected chi connectivity index (χ1v) is 5.75. The highest BCUT2D eigenvalue weighted by molar-refractivity contribution is 5.88. The molecule has 0 aromatic rings. The molecule has 3 N–H and O–H groups in total. The molecule has 0 aliphatic carbocycles. The molecule has 1 amide bonds. The molecule has 0 aromatic heterocycles. The summed E-state index contributed by atoms with van der Waals surface area (Å²) in [4.78, 5) is 23.4. The van der Waals surface area contributed by atoms with Gasteiger partial charge in [0.2, 0.25) is 5.91 Å². The van der Waals surface area contributed by atoms with E-state index in [2.05, 4.69) is 10.1 Å². The number of nitrogens with two attached hydrogens (primary N) is 1. The van der Waals surface area contributed by atoms with Gasteiger partial charge in [0.15, 0.2) is 0 Å². The van der Waals surface area contributed by atoms with Crippen LogP contribution in [-0.2, 0) is 14.3 Å². The van der Waals surface area contributed by atoms with Crippen LogP contribution < -0.4 is 11.1 Å². The van der Waals surface area contributed by atoms with Gasteiger partial charge >= 0.3 is 5.97 Å². The lowest BCUT2D eigenvalue weighted by Crippen LogP contribution is -2.54. The molecule has 0 rings (SSSR count). The first-order valence-electron chi connectivity index (χ1n) is 5.75. The van der Waals surface area contributed by atoms with E-state index in [9.17, 15) is 9.59 Å². The fourth-order valence-corrected chi connectivity index (χ4v) is 1.26. The molecule has 0 bridgehead atoms. The lowest BCUT2D eigenvalue weighted by molar-refractivity contribution is -0.146. The maximum absolute atomic E-state index is 11.9. The van der Waals surface area contributed by atoms with Crippen molar-refractivity contribution in [2.75, 3.05) is 7.11 Å². The summed E-state index contributed by atoms with van der Waals surface area (Å²) in [6.45, 7) is 9.30. The van der Waals surface area contributed by atoms with Crippen molar-refractivity contribution in [3.63, 3.8) is 0 Å². The SMILES string of the molecule is COC(=O)[C@@H](NC(=O)[C@@H](N)C(C)(C)C)C(C)C. The number of hydrogen-bond donors (Lipinski definition) is 2. The van der Waals surface area contributed by atoms with E-state index in [1.807, 2.05) is 34.6 Å². The summed E-state index contributed by atoms with van der Waals surface area (Å²) in [5, 5.41) is 2.63. The number of ether oxygens (including phenoxy) is 1. The van der Waals surface area contributed by atoms with Gasteiger partial charge in [-0.05, 0) is 11.3 Å². The molecular formula is C12H24N2O3. The number of carbonyl (C=O) groups is 2. The van der Waals surface area contributed by atoms with Gasteiger partial charge in [-0.25, -0.2) is 4.79 Å². The van der Waals surface area contributed by atoms with Gasteiger partial charge < -0.3 is 15.8 Å².